The average molecular weight is 421 g/mol. The van der Waals surface area contributed by atoms with Gasteiger partial charge in [0.2, 0.25) is 10.0 Å². The van der Waals surface area contributed by atoms with Gasteiger partial charge in [0.25, 0.3) is 5.91 Å². The maximum atomic E-state index is 12.5. The molecular formula is C17H25ClN2O6S. The fourth-order valence-electron chi connectivity index (χ4n) is 2.52. The van der Waals surface area contributed by atoms with Crippen LogP contribution in [0.1, 0.15) is 23.2 Å². The summed E-state index contributed by atoms with van der Waals surface area (Å²) in [6, 6.07) is 4.13. The standard InChI is InChI=1S/C17H25ClN2O6S/c1-24-9-10-25-8-6-19-17(21)13-4-5-15(18)16(11-13)27(22,23)20-12-14-3-2-7-26-14/h4-5,11,14,20H,2-3,6-10,12H2,1H3,(H,19,21). The third kappa shape index (κ3) is 7.02. The van der Waals surface area contributed by atoms with Gasteiger partial charge in [0.1, 0.15) is 4.90 Å². The summed E-state index contributed by atoms with van der Waals surface area (Å²) in [5, 5.41) is 2.72. The van der Waals surface area contributed by atoms with Crippen molar-refractivity contribution >= 4 is 27.5 Å². The van der Waals surface area contributed by atoms with Crippen molar-refractivity contribution in [1.82, 2.24) is 10.0 Å². The largest absolute Gasteiger partial charge is 0.382 e. The molecule has 0 radical (unpaired) electrons. The molecule has 10 heteroatoms. The molecule has 1 fully saturated rings. The molecule has 2 rings (SSSR count). The molecule has 1 aromatic carbocycles. The van der Waals surface area contributed by atoms with Crippen LogP contribution in [0.2, 0.25) is 5.02 Å². The molecule has 0 aliphatic carbocycles. The Balaban J connectivity index is 1.94. The third-order valence-electron chi connectivity index (χ3n) is 3.97. The van der Waals surface area contributed by atoms with E-state index >= 15 is 0 Å². The van der Waals surface area contributed by atoms with E-state index in [4.69, 9.17) is 25.8 Å². The van der Waals surface area contributed by atoms with Gasteiger partial charge < -0.3 is 19.5 Å². The van der Waals surface area contributed by atoms with E-state index in [1.807, 2.05) is 0 Å². The van der Waals surface area contributed by atoms with Crippen LogP contribution in [0.4, 0.5) is 0 Å². The fraction of sp³-hybridized carbons (Fsp3) is 0.588. The monoisotopic (exact) mass is 420 g/mol. The van der Waals surface area contributed by atoms with Crippen LogP contribution in [0.15, 0.2) is 23.1 Å². The molecule has 1 aromatic rings. The smallest absolute Gasteiger partial charge is 0.251 e. The highest BCUT2D eigenvalue weighted by atomic mass is 35.5. The van der Waals surface area contributed by atoms with Crippen molar-refractivity contribution in [2.45, 2.75) is 23.8 Å². The molecule has 8 nitrogen and oxygen atoms in total. The number of benzene rings is 1. The van der Waals surface area contributed by atoms with Crippen molar-refractivity contribution in [1.29, 1.82) is 0 Å². The van der Waals surface area contributed by atoms with E-state index < -0.39 is 15.9 Å². The van der Waals surface area contributed by atoms with Gasteiger partial charge in [-0.2, -0.15) is 0 Å². The Labute approximate surface area is 164 Å². The molecule has 0 spiro atoms. The number of rotatable bonds is 11. The zero-order chi connectivity index (χ0) is 19.7. The lowest BCUT2D eigenvalue weighted by Crippen LogP contribution is -2.32. The van der Waals surface area contributed by atoms with Crippen molar-refractivity contribution in [2.24, 2.45) is 0 Å². The van der Waals surface area contributed by atoms with Crippen molar-refractivity contribution in [3.05, 3.63) is 28.8 Å². The Morgan fingerprint density at radius 1 is 1.33 bits per heavy atom. The molecule has 1 aliphatic heterocycles. The summed E-state index contributed by atoms with van der Waals surface area (Å²) in [5.41, 5.74) is 0.203. The number of carbonyl (C=O) groups is 1. The molecule has 0 saturated carbocycles. The second-order valence-electron chi connectivity index (χ2n) is 5.99. The van der Waals surface area contributed by atoms with Crippen LogP contribution in [0.5, 0.6) is 0 Å². The van der Waals surface area contributed by atoms with Crippen molar-refractivity contribution in [3.8, 4) is 0 Å². The van der Waals surface area contributed by atoms with Crippen molar-refractivity contribution in [2.75, 3.05) is 46.6 Å². The Morgan fingerprint density at radius 2 is 2.15 bits per heavy atom. The second-order valence-corrected chi connectivity index (χ2v) is 8.14. The van der Waals surface area contributed by atoms with Crippen molar-refractivity contribution < 1.29 is 27.4 Å². The van der Waals surface area contributed by atoms with Crippen LogP contribution in [-0.4, -0.2) is 67.1 Å². The van der Waals surface area contributed by atoms with E-state index in [-0.39, 0.29) is 28.1 Å². The van der Waals surface area contributed by atoms with E-state index in [1.54, 1.807) is 7.11 Å². The molecule has 2 N–H and O–H groups in total. The van der Waals surface area contributed by atoms with Crippen LogP contribution < -0.4 is 10.0 Å². The highest BCUT2D eigenvalue weighted by Crippen LogP contribution is 2.23. The number of halogens is 1. The van der Waals surface area contributed by atoms with Gasteiger partial charge in [-0.3, -0.25) is 4.79 Å². The number of hydrogen-bond donors (Lipinski definition) is 2. The zero-order valence-electron chi connectivity index (χ0n) is 15.2. The molecular weight excluding hydrogens is 396 g/mol. The minimum absolute atomic E-state index is 0.0503. The first-order chi connectivity index (χ1) is 12.9. The first-order valence-corrected chi connectivity index (χ1v) is 10.6. The van der Waals surface area contributed by atoms with Gasteiger partial charge in [-0.15, -0.1) is 0 Å². The highest BCUT2D eigenvalue weighted by molar-refractivity contribution is 7.89. The summed E-state index contributed by atoms with van der Waals surface area (Å²) in [6.45, 7) is 2.35. The lowest BCUT2D eigenvalue weighted by Gasteiger charge is -2.13. The van der Waals surface area contributed by atoms with Gasteiger partial charge in [-0.25, -0.2) is 13.1 Å². The number of sulfonamides is 1. The van der Waals surface area contributed by atoms with Gasteiger partial charge in [0.15, 0.2) is 0 Å². The van der Waals surface area contributed by atoms with Gasteiger partial charge in [-0.05, 0) is 31.0 Å². The molecule has 0 aromatic heterocycles. The van der Waals surface area contributed by atoms with Crippen molar-refractivity contribution in [3.63, 3.8) is 0 Å². The number of methoxy groups -OCH3 is 1. The van der Waals surface area contributed by atoms with E-state index in [2.05, 4.69) is 10.0 Å². The van der Waals surface area contributed by atoms with Crippen LogP contribution in [-0.2, 0) is 24.2 Å². The predicted molar refractivity (Wildman–Crippen MR) is 101 cm³/mol. The molecule has 1 amide bonds. The van der Waals surface area contributed by atoms with Crippen LogP contribution >= 0.6 is 11.6 Å². The number of amides is 1. The molecule has 27 heavy (non-hydrogen) atoms. The number of hydrogen-bond acceptors (Lipinski definition) is 6. The Bertz CT molecular complexity index is 722. The lowest BCUT2D eigenvalue weighted by atomic mass is 10.2. The van der Waals surface area contributed by atoms with Gasteiger partial charge >= 0.3 is 0 Å². The number of ether oxygens (including phenoxy) is 3. The summed E-state index contributed by atoms with van der Waals surface area (Å²) >= 11 is 6.04. The zero-order valence-corrected chi connectivity index (χ0v) is 16.8. The maximum Gasteiger partial charge on any atom is 0.251 e. The predicted octanol–water partition coefficient (Wildman–Crippen LogP) is 1.19. The lowest BCUT2D eigenvalue weighted by molar-refractivity contribution is 0.0692. The van der Waals surface area contributed by atoms with Gasteiger partial charge in [0.05, 0.1) is 30.9 Å². The van der Waals surface area contributed by atoms with Gasteiger partial charge in [0, 0.05) is 32.4 Å². The summed E-state index contributed by atoms with van der Waals surface area (Å²) in [7, 11) is -2.27. The molecule has 1 saturated heterocycles. The quantitative estimate of drug-likeness (QED) is 0.521. The van der Waals surface area contributed by atoms with Gasteiger partial charge in [-0.1, -0.05) is 11.6 Å². The first-order valence-electron chi connectivity index (χ1n) is 8.69. The first kappa shape index (κ1) is 22.1. The van der Waals surface area contributed by atoms with Crippen LogP contribution in [0, 0.1) is 0 Å². The average Bonchev–Trinajstić information content (AvgIpc) is 3.17. The highest BCUT2D eigenvalue weighted by Gasteiger charge is 2.23. The second kappa shape index (κ2) is 10.9. The van der Waals surface area contributed by atoms with E-state index in [0.717, 1.165) is 12.8 Å². The number of nitrogens with one attached hydrogen (secondary N) is 2. The van der Waals surface area contributed by atoms with Crippen LogP contribution in [0.25, 0.3) is 0 Å². The molecule has 152 valence electrons. The Hall–Kier alpha value is -1.23. The summed E-state index contributed by atoms with van der Waals surface area (Å²) in [4.78, 5) is 12.1. The summed E-state index contributed by atoms with van der Waals surface area (Å²) < 4.78 is 43.1. The van der Waals surface area contributed by atoms with E-state index in [0.29, 0.717) is 33.0 Å². The fourth-order valence-corrected chi connectivity index (χ4v) is 4.11. The molecule has 1 unspecified atom stereocenters. The Kier molecular flexibility index (Phi) is 8.94. The Morgan fingerprint density at radius 3 is 2.85 bits per heavy atom. The molecule has 1 aliphatic rings. The normalized spacial score (nSPS) is 17.2. The summed E-state index contributed by atoms with van der Waals surface area (Å²) in [6.07, 6.45) is 1.59. The maximum absolute atomic E-state index is 12.5. The molecule has 1 atom stereocenters. The summed E-state index contributed by atoms with van der Waals surface area (Å²) in [5.74, 6) is -0.405. The third-order valence-corrected chi connectivity index (χ3v) is 5.88. The van der Waals surface area contributed by atoms with Crippen LogP contribution in [0.3, 0.4) is 0 Å². The molecule has 0 bridgehead atoms. The minimum atomic E-state index is -3.85. The number of carbonyl (C=O) groups excluding carboxylic acids is 1. The minimum Gasteiger partial charge on any atom is -0.382 e. The van der Waals surface area contributed by atoms with E-state index in [1.165, 1.54) is 18.2 Å². The SMILES string of the molecule is COCCOCCNC(=O)c1ccc(Cl)c(S(=O)(=O)NCC2CCCO2)c1. The molecule has 1 heterocycles. The topological polar surface area (TPSA) is 103 Å². The van der Waals surface area contributed by atoms with E-state index in [9.17, 15) is 13.2 Å².